The van der Waals surface area contributed by atoms with Gasteiger partial charge in [0, 0.05) is 0 Å². The van der Waals surface area contributed by atoms with Gasteiger partial charge in [0.15, 0.2) is 0 Å². The minimum Gasteiger partial charge on any atom is -0.489 e. The fraction of sp³-hybridized carbons (Fsp3) is 0.240. The lowest BCUT2D eigenvalue weighted by atomic mass is 10.0. The van der Waals surface area contributed by atoms with Gasteiger partial charge >= 0.3 is 5.97 Å². The van der Waals surface area contributed by atoms with Crippen molar-refractivity contribution in [1.29, 1.82) is 0 Å². The second kappa shape index (κ2) is 9.75. The molecule has 0 N–H and O–H groups in total. The first kappa shape index (κ1) is 19.7. The van der Waals surface area contributed by atoms with Crippen molar-refractivity contribution in [3.8, 4) is 16.9 Å². The van der Waals surface area contributed by atoms with Crippen LogP contribution in [0.4, 0.5) is 0 Å². The summed E-state index contributed by atoms with van der Waals surface area (Å²) in [5, 5.41) is 0. The number of carbonyl (C=O) groups excluding carboxylic acids is 1. The molecule has 0 heterocycles. The number of rotatable bonds is 8. The van der Waals surface area contributed by atoms with E-state index in [4.69, 9.17) is 9.47 Å². The molecular weight excluding hydrogens is 348 g/mol. The van der Waals surface area contributed by atoms with Gasteiger partial charge in [-0.05, 0) is 46.9 Å². The molecule has 3 aromatic carbocycles. The van der Waals surface area contributed by atoms with E-state index in [0.717, 1.165) is 28.9 Å². The maximum absolute atomic E-state index is 12.1. The molecule has 1 atom stereocenters. The molecule has 0 saturated carbocycles. The highest BCUT2D eigenvalue weighted by molar-refractivity contribution is 5.90. The largest absolute Gasteiger partial charge is 0.489 e. The Kier molecular flexibility index (Phi) is 6.85. The maximum Gasteiger partial charge on any atom is 0.338 e. The average Bonchev–Trinajstić information content (AvgIpc) is 2.77. The number of hydrogen-bond acceptors (Lipinski definition) is 3. The van der Waals surface area contributed by atoms with Crippen LogP contribution in [-0.2, 0) is 11.3 Å². The Morgan fingerprint density at radius 1 is 0.857 bits per heavy atom. The van der Waals surface area contributed by atoms with Crippen molar-refractivity contribution in [1.82, 2.24) is 0 Å². The van der Waals surface area contributed by atoms with Crippen LogP contribution < -0.4 is 4.74 Å². The molecule has 3 heteroatoms. The number of ether oxygens (including phenoxy) is 2. The van der Waals surface area contributed by atoms with E-state index in [0.29, 0.717) is 24.7 Å². The molecule has 3 aromatic rings. The first-order chi connectivity index (χ1) is 13.7. The van der Waals surface area contributed by atoms with Crippen molar-refractivity contribution in [2.24, 2.45) is 5.92 Å². The van der Waals surface area contributed by atoms with Crippen LogP contribution in [0.1, 0.15) is 36.2 Å². The molecule has 0 radical (unpaired) electrons. The third kappa shape index (κ3) is 5.46. The van der Waals surface area contributed by atoms with E-state index < -0.39 is 0 Å². The molecule has 3 rings (SSSR count). The zero-order chi connectivity index (χ0) is 19.8. The number of esters is 1. The molecule has 0 amide bonds. The number of benzene rings is 3. The molecule has 0 spiro atoms. The van der Waals surface area contributed by atoms with E-state index in [1.165, 1.54) is 0 Å². The van der Waals surface area contributed by atoms with Crippen LogP contribution in [0.5, 0.6) is 5.75 Å². The molecule has 144 valence electrons. The van der Waals surface area contributed by atoms with Crippen molar-refractivity contribution in [2.75, 3.05) is 6.61 Å². The van der Waals surface area contributed by atoms with Gasteiger partial charge in [0.2, 0.25) is 0 Å². The predicted molar refractivity (Wildman–Crippen MR) is 112 cm³/mol. The van der Waals surface area contributed by atoms with Gasteiger partial charge in [-0.15, -0.1) is 0 Å². The molecule has 0 saturated heterocycles. The van der Waals surface area contributed by atoms with Crippen LogP contribution in [0.2, 0.25) is 0 Å². The standard InChI is InChI=1S/C25H26O3/c1-3-19(2)17-28-25(26)23-11-9-21(10-12-23)22-13-15-24(16-14-22)27-18-20-7-5-4-6-8-20/h4-16,19H,3,17-18H2,1-2H3/t19-/m0/s1. The molecule has 0 aliphatic carbocycles. The van der Waals surface area contributed by atoms with E-state index in [-0.39, 0.29) is 5.97 Å². The quantitative estimate of drug-likeness (QED) is 0.445. The molecule has 0 aromatic heterocycles. The van der Waals surface area contributed by atoms with Gasteiger partial charge in [0.25, 0.3) is 0 Å². The van der Waals surface area contributed by atoms with Crippen molar-refractivity contribution in [3.63, 3.8) is 0 Å². The van der Waals surface area contributed by atoms with Crippen molar-refractivity contribution >= 4 is 5.97 Å². The van der Waals surface area contributed by atoms with E-state index >= 15 is 0 Å². The zero-order valence-electron chi connectivity index (χ0n) is 16.4. The summed E-state index contributed by atoms with van der Waals surface area (Å²) >= 11 is 0. The van der Waals surface area contributed by atoms with Crippen molar-refractivity contribution in [2.45, 2.75) is 26.9 Å². The Hall–Kier alpha value is -3.07. The Morgan fingerprint density at radius 2 is 1.46 bits per heavy atom. The highest BCUT2D eigenvalue weighted by atomic mass is 16.5. The average molecular weight is 374 g/mol. The normalized spacial score (nSPS) is 11.6. The molecule has 0 unspecified atom stereocenters. The Labute approximate surface area is 166 Å². The lowest BCUT2D eigenvalue weighted by Gasteiger charge is -2.10. The van der Waals surface area contributed by atoms with Crippen LogP contribution in [0.25, 0.3) is 11.1 Å². The zero-order valence-corrected chi connectivity index (χ0v) is 16.4. The first-order valence-electron chi connectivity index (χ1n) is 9.70. The van der Waals surface area contributed by atoms with E-state index in [1.54, 1.807) is 0 Å². The SMILES string of the molecule is CC[C@H](C)COC(=O)c1ccc(-c2ccc(OCc3ccccc3)cc2)cc1. The molecule has 0 aliphatic heterocycles. The van der Waals surface area contributed by atoms with Gasteiger partial charge in [0.05, 0.1) is 12.2 Å². The summed E-state index contributed by atoms with van der Waals surface area (Å²) in [4.78, 5) is 12.1. The molecule has 28 heavy (non-hydrogen) atoms. The maximum atomic E-state index is 12.1. The predicted octanol–water partition coefficient (Wildman–Crippen LogP) is 6.14. The summed E-state index contributed by atoms with van der Waals surface area (Å²) in [7, 11) is 0. The second-order valence-electron chi connectivity index (χ2n) is 6.99. The lowest BCUT2D eigenvalue weighted by molar-refractivity contribution is 0.0447. The van der Waals surface area contributed by atoms with Gasteiger partial charge in [-0.3, -0.25) is 0 Å². The molecule has 0 fully saturated rings. The summed E-state index contributed by atoms with van der Waals surface area (Å²) in [6.45, 7) is 5.17. The first-order valence-corrected chi connectivity index (χ1v) is 9.70. The van der Waals surface area contributed by atoms with Crippen LogP contribution in [0, 0.1) is 5.92 Å². The summed E-state index contributed by atoms with van der Waals surface area (Å²) in [5.41, 5.74) is 3.84. The monoisotopic (exact) mass is 374 g/mol. The molecule has 0 aliphatic rings. The third-order valence-corrected chi connectivity index (χ3v) is 4.75. The van der Waals surface area contributed by atoms with E-state index in [1.807, 2.05) is 78.9 Å². The topological polar surface area (TPSA) is 35.5 Å². The number of carbonyl (C=O) groups is 1. The summed E-state index contributed by atoms with van der Waals surface area (Å²) < 4.78 is 11.2. The van der Waals surface area contributed by atoms with Crippen molar-refractivity contribution < 1.29 is 14.3 Å². The Morgan fingerprint density at radius 3 is 2.07 bits per heavy atom. The highest BCUT2D eigenvalue weighted by Gasteiger charge is 2.09. The molecule has 0 bridgehead atoms. The fourth-order valence-electron chi connectivity index (χ4n) is 2.70. The van der Waals surface area contributed by atoms with Crippen LogP contribution in [0.15, 0.2) is 78.9 Å². The second-order valence-corrected chi connectivity index (χ2v) is 6.99. The Bertz CT molecular complexity index is 868. The molecule has 3 nitrogen and oxygen atoms in total. The minimum atomic E-state index is -0.267. The number of hydrogen-bond donors (Lipinski definition) is 0. The minimum absolute atomic E-state index is 0.267. The van der Waals surface area contributed by atoms with Gasteiger partial charge in [-0.2, -0.15) is 0 Å². The molecular formula is C25H26O3. The van der Waals surface area contributed by atoms with E-state index in [9.17, 15) is 4.79 Å². The van der Waals surface area contributed by atoms with E-state index in [2.05, 4.69) is 13.8 Å². The van der Waals surface area contributed by atoms with Crippen LogP contribution in [-0.4, -0.2) is 12.6 Å². The van der Waals surface area contributed by atoms with Gasteiger partial charge in [0.1, 0.15) is 12.4 Å². The highest BCUT2D eigenvalue weighted by Crippen LogP contribution is 2.23. The lowest BCUT2D eigenvalue weighted by Crippen LogP contribution is -2.11. The summed E-state index contributed by atoms with van der Waals surface area (Å²) in [6.07, 6.45) is 0.997. The van der Waals surface area contributed by atoms with Gasteiger partial charge in [-0.1, -0.05) is 74.9 Å². The van der Waals surface area contributed by atoms with Gasteiger partial charge in [-0.25, -0.2) is 4.79 Å². The van der Waals surface area contributed by atoms with Crippen LogP contribution in [0.3, 0.4) is 0 Å². The Balaban J connectivity index is 1.58. The summed E-state index contributed by atoms with van der Waals surface area (Å²) in [5.74, 6) is 0.945. The van der Waals surface area contributed by atoms with Gasteiger partial charge < -0.3 is 9.47 Å². The smallest absolute Gasteiger partial charge is 0.338 e. The fourth-order valence-corrected chi connectivity index (χ4v) is 2.70. The third-order valence-electron chi connectivity index (χ3n) is 4.75. The summed E-state index contributed by atoms with van der Waals surface area (Å²) in [6, 6.07) is 25.6. The van der Waals surface area contributed by atoms with Crippen LogP contribution >= 0.6 is 0 Å². The van der Waals surface area contributed by atoms with Crippen molar-refractivity contribution in [3.05, 3.63) is 90.0 Å².